The van der Waals surface area contributed by atoms with Gasteiger partial charge in [0.2, 0.25) is 5.69 Å². The first-order valence-corrected chi connectivity index (χ1v) is 13.7. The third-order valence-electron chi connectivity index (χ3n) is 2.67. The molecular formula is C15H29N2O8PS3. The topological polar surface area (TPSA) is 122 Å². The van der Waals surface area contributed by atoms with Gasteiger partial charge in [-0.2, -0.15) is 0 Å². The molecule has 0 aromatic rings. The van der Waals surface area contributed by atoms with Gasteiger partial charge in [0.05, 0.1) is 19.6 Å². The Balaban J connectivity index is 0. The van der Waals surface area contributed by atoms with Crippen LogP contribution in [0.2, 0.25) is 0 Å². The summed E-state index contributed by atoms with van der Waals surface area (Å²) in [5.74, 6) is -1.01. The van der Waals surface area contributed by atoms with Crippen LogP contribution in [0.3, 0.4) is 0 Å². The number of amides is 1. The predicted molar refractivity (Wildman–Crippen MR) is 120 cm³/mol. The van der Waals surface area contributed by atoms with Crippen molar-refractivity contribution in [3.63, 3.8) is 0 Å². The molecule has 29 heavy (non-hydrogen) atoms. The van der Waals surface area contributed by atoms with Crippen LogP contribution in [-0.2, 0) is 44.8 Å². The van der Waals surface area contributed by atoms with Crippen molar-refractivity contribution in [1.29, 1.82) is 0 Å². The number of ether oxygens (including phenoxy) is 2. The molecule has 1 amide bonds. The summed E-state index contributed by atoms with van der Waals surface area (Å²) in [6.45, 7) is 5.61. The van der Waals surface area contributed by atoms with Crippen LogP contribution in [0, 0.1) is 0 Å². The van der Waals surface area contributed by atoms with Gasteiger partial charge in [0.1, 0.15) is 10.3 Å². The maximum atomic E-state index is 11.8. The molecule has 0 aromatic carbocycles. The van der Waals surface area contributed by atoms with Crippen molar-refractivity contribution in [2.45, 2.75) is 32.4 Å². The van der Waals surface area contributed by atoms with Gasteiger partial charge in [0.25, 0.3) is 0 Å². The molecule has 14 heteroatoms. The van der Waals surface area contributed by atoms with Gasteiger partial charge in [-0.1, -0.05) is 16.5 Å². The summed E-state index contributed by atoms with van der Waals surface area (Å²) in [7, 11) is 4.29. The van der Waals surface area contributed by atoms with E-state index in [0.717, 1.165) is 11.4 Å². The maximum Gasteiger partial charge on any atom is 0.433 e. The number of rotatable bonds is 10. The third-order valence-corrected chi connectivity index (χ3v) is 9.20. The Kier molecular flexibility index (Phi) is 18.8. The fourth-order valence-electron chi connectivity index (χ4n) is 1.28. The number of hydrogen-bond acceptors (Lipinski definition) is 12. The molecule has 0 aliphatic carbocycles. The molecule has 0 saturated carbocycles. The number of thioether (sulfide) groups is 1. The molecule has 0 rings (SSSR count). The van der Waals surface area contributed by atoms with E-state index in [1.807, 2.05) is 6.26 Å². The van der Waals surface area contributed by atoms with Crippen LogP contribution in [-0.4, -0.2) is 69.1 Å². The zero-order valence-electron chi connectivity index (χ0n) is 17.6. The number of nitrogens with one attached hydrogen (secondary N) is 1. The van der Waals surface area contributed by atoms with Gasteiger partial charge < -0.3 is 23.8 Å². The Morgan fingerprint density at radius 1 is 1.14 bits per heavy atom. The van der Waals surface area contributed by atoms with Crippen molar-refractivity contribution in [3.05, 3.63) is 0 Å². The van der Waals surface area contributed by atoms with Crippen molar-refractivity contribution < 1.29 is 37.7 Å². The minimum atomic E-state index is -2.65. The largest absolute Gasteiger partial charge is 0.466 e. The van der Waals surface area contributed by atoms with E-state index in [1.165, 1.54) is 33.0 Å². The lowest BCUT2D eigenvalue weighted by Crippen LogP contribution is -2.24. The fraction of sp³-hybridized carbons (Fsp3) is 0.733. The molecule has 0 spiro atoms. The molecule has 0 aliphatic heterocycles. The van der Waals surface area contributed by atoms with Crippen LogP contribution in [0.15, 0.2) is 5.16 Å². The Labute approximate surface area is 185 Å². The van der Waals surface area contributed by atoms with E-state index in [0.29, 0.717) is 5.04 Å². The first kappa shape index (κ1) is 30.3. The van der Waals surface area contributed by atoms with Crippen LogP contribution >= 0.6 is 28.8 Å². The average Bonchev–Trinajstić information content (AvgIpc) is 2.71. The van der Waals surface area contributed by atoms with Gasteiger partial charge >= 0.3 is 18.0 Å². The van der Waals surface area contributed by atoms with Gasteiger partial charge in [0.15, 0.2) is 0 Å². The summed E-state index contributed by atoms with van der Waals surface area (Å²) in [5, 5.41) is 5.67. The second-order valence-electron chi connectivity index (χ2n) is 4.61. The van der Waals surface area contributed by atoms with Crippen molar-refractivity contribution in [1.82, 2.24) is 5.32 Å². The van der Waals surface area contributed by atoms with Gasteiger partial charge in [0, 0.05) is 21.3 Å². The first-order valence-electron chi connectivity index (χ1n) is 8.32. The average molecular weight is 493 g/mol. The first-order chi connectivity index (χ1) is 13.6. The summed E-state index contributed by atoms with van der Waals surface area (Å²) in [5.41, 5.74) is -2.65. The molecular weight excluding hydrogens is 463 g/mol. The van der Waals surface area contributed by atoms with Gasteiger partial charge in [-0.15, -0.1) is 11.8 Å². The molecule has 10 nitrogen and oxygen atoms in total. The quantitative estimate of drug-likeness (QED) is 0.121. The Morgan fingerprint density at radius 2 is 1.69 bits per heavy atom. The van der Waals surface area contributed by atoms with E-state index in [2.05, 4.69) is 15.3 Å². The van der Waals surface area contributed by atoms with E-state index in [-0.39, 0.29) is 19.6 Å². The minimum Gasteiger partial charge on any atom is -0.466 e. The third kappa shape index (κ3) is 15.6. The molecule has 170 valence electrons. The van der Waals surface area contributed by atoms with Gasteiger partial charge in [-0.05, 0) is 38.8 Å². The summed E-state index contributed by atoms with van der Waals surface area (Å²) in [6.07, 6.45) is 1.18. The zero-order valence-corrected chi connectivity index (χ0v) is 20.9. The molecule has 0 radical (unpaired) electrons. The molecule has 0 aliphatic rings. The molecule has 0 saturated heterocycles. The SMILES string of the molecule is CCOC(=O)CC(SP(=S)(OC)OC)C(=O)OCC.CNC(=O)O/N=C(\C)SC. The zero-order chi connectivity index (χ0) is 22.9. The Bertz CT molecular complexity index is 584. The highest BCUT2D eigenvalue weighted by Crippen LogP contribution is 2.62. The number of hydrogen-bond donors (Lipinski definition) is 1. The van der Waals surface area contributed by atoms with E-state index in [1.54, 1.807) is 20.8 Å². The predicted octanol–water partition coefficient (Wildman–Crippen LogP) is 3.16. The van der Waals surface area contributed by atoms with E-state index in [9.17, 15) is 14.4 Å². The standard InChI is InChI=1S/C10H19O6PS2.C5H10N2O2S/c1-5-15-9(11)7-8(10(12)16-6-2)19-17(18,13-3)14-4;1-4(10-3)7-9-5(8)6-2/h8H,5-7H2,1-4H3;1-3H3,(H,6,8)/b;7-4+. The van der Waals surface area contributed by atoms with Crippen molar-refractivity contribution >= 4 is 63.7 Å². The molecule has 0 aromatic heterocycles. The summed E-state index contributed by atoms with van der Waals surface area (Å²) >= 11 is 7.59. The lowest BCUT2D eigenvalue weighted by molar-refractivity contribution is -0.149. The number of esters is 2. The Morgan fingerprint density at radius 3 is 2.10 bits per heavy atom. The van der Waals surface area contributed by atoms with Crippen LogP contribution in [0.1, 0.15) is 27.2 Å². The monoisotopic (exact) mass is 492 g/mol. The van der Waals surface area contributed by atoms with Crippen molar-refractivity contribution in [3.8, 4) is 0 Å². The Hall–Kier alpha value is -0.850. The molecule has 0 heterocycles. The van der Waals surface area contributed by atoms with E-state index >= 15 is 0 Å². The summed E-state index contributed by atoms with van der Waals surface area (Å²) in [4.78, 5) is 38.0. The molecule has 0 bridgehead atoms. The van der Waals surface area contributed by atoms with Crippen LogP contribution in [0.4, 0.5) is 4.79 Å². The molecule has 0 fully saturated rings. The summed E-state index contributed by atoms with van der Waals surface area (Å²) in [6, 6.07) is 0. The second-order valence-corrected chi connectivity index (χ2v) is 12.2. The highest BCUT2D eigenvalue weighted by molar-refractivity contribution is 8.68. The maximum absolute atomic E-state index is 11.8. The van der Waals surface area contributed by atoms with Gasteiger partial charge in [-0.3, -0.25) is 14.4 Å². The van der Waals surface area contributed by atoms with Crippen molar-refractivity contribution in [2.24, 2.45) is 5.16 Å². The van der Waals surface area contributed by atoms with E-state index < -0.39 is 29.0 Å². The normalized spacial score (nSPS) is 12.2. The minimum absolute atomic E-state index is 0.123. The number of carbonyl (C=O) groups excluding carboxylic acids is 3. The number of carbonyl (C=O) groups is 3. The van der Waals surface area contributed by atoms with Crippen LogP contribution < -0.4 is 5.32 Å². The lowest BCUT2D eigenvalue weighted by atomic mass is 10.3. The molecule has 1 N–H and O–H groups in total. The summed E-state index contributed by atoms with van der Waals surface area (Å²) < 4.78 is 19.9. The fourth-order valence-corrected chi connectivity index (χ4v) is 5.25. The molecule has 1 atom stereocenters. The van der Waals surface area contributed by atoms with Crippen LogP contribution in [0.5, 0.6) is 0 Å². The highest BCUT2D eigenvalue weighted by Gasteiger charge is 2.32. The highest BCUT2D eigenvalue weighted by atomic mass is 32.9. The lowest BCUT2D eigenvalue weighted by Gasteiger charge is -2.21. The molecule has 1 unspecified atom stereocenters. The van der Waals surface area contributed by atoms with Gasteiger partial charge in [-0.25, -0.2) is 4.79 Å². The van der Waals surface area contributed by atoms with Crippen molar-refractivity contribution in [2.75, 3.05) is 40.7 Å². The smallest absolute Gasteiger partial charge is 0.433 e. The number of oxime groups is 1. The van der Waals surface area contributed by atoms with E-state index in [4.69, 9.17) is 30.3 Å². The number of nitrogens with zero attached hydrogens (tertiary/aromatic N) is 1. The van der Waals surface area contributed by atoms with Crippen LogP contribution in [0.25, 0.3) is 0 Å². The second kappa shape index (κ2) is 18.0.